The maximum Gasteiger partial charge on any atom is 0.343 e. The first-order valence-electron chi connectivity index (χ1n) is 5.68. The Hall–Kier alpha value is -1.60. The normalized spacial score (nSPS) is 10.3. The molecule has 0 atom stereocenters. The van der Waals surface area contributed by atoms with E-state index in [4.69, 9.17) is 5.73 Å². The number of carbonyl (C=O) groups is 1. The predicted octanol–water partition coefficient (Wildman–Crippen LogP) is 2.90. The van der Waals surface area contributed by atoms with Crippen molar-refractivity contribution >= 4 is 39.5 Å². The van der Waals surface area contributed by atoms with Gasteiger partial charge in [0.05, 0.1) is 12.9 Å². The number of nitrogen functional groups attached to an aromatic ring is 1. The van der Waals surface area contributed by atoms with Gasteiger partial charge in [0.2, 0.25) is 0 Å². The summed E-state index contributed by atoms with van der Waals surface area (Å²) in [4.78, 5) is 20.7. The molecular formula is C13H12BrN3O2S. The van der Waals surface area contributed by atoms with E-state index in [2.05, 4.69) is 30.6 Å². The van der Waals surface area contributed by atoms with Crippen molar-refractivity contribution in [2.45, 2.75) is 10.6 Å². The van der Waals surface area contributed by atoms with Gasteiger partial charge in [-0.2, -0.15) is 0 Å². The number of hydrogen-bond donors (Lipinski definition) is 1. The maximum atomic E-state index is 11.4. The largest absolute Gasteiger partial charge is 0.465 e. The Morgan fingerprint density at radius 1 is 1.40 bits per heavy atom. The lowest BCUT2D eigenvalue weighted by Crippen LogP contribution is -2.09. The van der Waals surface area contributed by atoms with Gasteiger partial charge in [0, 0.05) is 15.6 Å². The van der Waals surface area contributed by atoms with Crippen molar-refractivity contribution in [2.75, 3.05) is 12.8 Å². The van der Waals surface area contributed by atoms with E-state index in [1.54, 1.807) is 11.8 Å². The summed E-state index contributed by atoms with van der Waals surface area (Å²) in [7, 11) is 1.29. The topological polar surface area (TPSA) is 78.1 Å². The van der Waals surface area contributed by atoms with Gasteiger partial charge in [-0.15, -0.1) is 11.8 Å². The fourth-order valence-electron chi connectivity index (χ4n) is 1.45. The standard InChI is InChI=1S/C13H12BrN3O2S/c1-19-13(18)10-6-16-11(17-12(10)15)7-20-9-4-2-8(14)3-5-9/h2-6H,7H2,1H3,(H2,15,16,17). The molecule has 5 nitrogen and oxygen atoms in total. The van der Waals surface area contributed by atoms with E-state index >= 15 is 0 Å². The minimum atomic E-state index is -0.533. The van der Waals surface area contributed by atoms with Crippen LogP contribution in [0.25, 0.3) is 0 Å². The molecule has 0 fully saturated rings. The second kappa shape index (κ2) is 6.71. The van der Waals surface area contributed by atoms with Crippen LogP contribution in [0.2, 0.25) is 0 Å². The SMILES string of the molecule is COC(=O)c1cnc(CSc2ccc(Br)cc2)nc1N. The molecule has 0 aliphatic heterocycles. The number of nitrogens with two attached hydrogens (primary N) is 1. The Kier molecular flexibility index (Phi) is 4.97. The van der Waals surface area contributed by atoms with E-state index in [9.17, 15) is 4.79 Å². The van der Waals surface area contributed by atoms with Crippen LogP contribution in [-0.4, -0.2) is 23.0 Å². The summed E-state index contributed by atoms with van der Waals surface area (Å²) in [5, 5.41) is 0. The summed E-state index contributed by atoms with van der Waals surface area (Å²) >= 11 is 4.98. The number of aromatic nitrogens is 2. The molecule has 20 heavy (non-hydrogen) atoms. The molecule has 0 saturated heterocycles. The molecular weight excluding hydrogens is 342 g/mol. The second-order valence-electron chi connectivity index (χ2n) is 3.82. The van der Waals surface area contributed by atoms with Gasteiger partial charge in [-0.25, -0.2) is 14.8 Å². The highest BCUT2D eigenvalue weighted by molar-refractivity contribution is 9.10. The number of hydrogen-bond acceptors (Lipinski definition) is 6. The van der Waals surface area contributed by atoms with Crippen molar-refractivity contribution in [3.8, 4) is 0 Å². The van der Waals surface area contributed by atoms with Gasteiger partial charge in [-0.3, -0.25) is 0 Å². The number of halogens is 1. The van der Waals surface area contributed by atoms with Crippen LogP contribution >= 0.6 is 27.7 Å². The lowest BCUT2D eigenvalue weighted by Gasteiger charge is -2.05. The maximum absolute atomic E-state index is 11.4. The Balaban J connectivity index is 2.05. The van der Waals surface area contributed by atoms with E-state index in [1.165, 1.54) is 13.3 Å². The number of thioether (sulfide) groups is 1. The molecule has 104 valence electrons. The zero-order valence-electron chi connectivity index (χ0n) is 10.7. The van der Waals surface area contributed by atoms with Gasteiger partial charge in [0.1, 0.15) is 17.2 Å². The van der Waals surface area contributed by atoms with Crippen LogP contribution in [0.3, 0.4) is 0 Å². The number of rotatable bonds is 4. The first-order chi connectivity index (χ1) is 9.60. The van der Waals surface area contributed by atoms with Gasteiger partial charge in [-0.05, 0) is 24.3 Å². The number of methoxy groups -OCH3 is 1. The molecule has 0 spiro atoms. The first kappa shape index (κ1) is 14.8. The summed E-state index contributed by atoms with van der Waals surface area (Å²) in [5.41, 5.74) is 5.90. The van der Waals surface area contributed by atoms with Gasteiger partial charge < -0.3 is 10.5 Å². The van der Waals surface area contributed by atoms with Crippen molar-refractivity contribution in [2.24, 2.45) is 0 Å². The lowest BCUT2D eigenvalue weighted by molar-refractivity contribution is 0.0601. The smallest absolute Gasteiger partial charge is 0.343 e. The van der Waals surface area contributed by atoms with Gasteiger partial charge in [0.15, 0.2) is 0 Å². The summed E-state index contributed by atoms with van der Waals surface area (Å²) in [6, 6.07) is 7.94. The number of esters is 1. The predicted molar refractivity (Wildman–Crippen MR) is 81.5 cm³/mol. The van der Waals surface area contributed by atoms with Gasteiger partial charge >= 0.3 is 5.97 Å². The molecule has 2 aromatic rings. The van der Waals surface area contributed by atoms with Crippen molar-refractivity contribution in [1.29, 1.82) is 0 Å². The third-order valence-electron chi connectivity index (χ3n) is 2.46. The zero-order valence-corrected chi connectivity index (χ0v) is 13.1. The number of carbonyl (C=O) groups excluding carboxylic acids is 1. The zero-order chi connectivity index (χ0) is 14.5. The molecule has 7 heteroatoms. The van der Waals surface area contributed by atoms with Gasteiger partial charge in [-0.1, -0.05) is 15.9 Å². The quantitative estimate of drug-likeness (QED) is 0.672. The van der Waals surface area contributed by atoms with Crippen LogP contribution in [0.15, 0.2) is 39.8 Å². The Morgan fingerprint density at radius 3 is 2.70 bits per heavy atom. The molecule has 2 N–H and O–H groups in total. The van der Waals surface area contributed by atoms with E-state index in [0.717, 1.165) is 9.37 Å². The van der Waals surface area contributed by atoms with Crippen molar-refractivity contribution in [3.63, 3.8) is 0 Å². The first-order valence-corrected chi connectivity index (χ1v) is 7.46. The van der Waals surface area contributed by atoms with Crippen LogP contribution in [-0.2, 0) is 10.5 Å². The van der Waals surface area contributed by atoms with Crippen LogP contribution in [0, 0.1) is 0 Å². The molecule has 0 bridgehead atoms. The lowest BCUT2D eigenvalue weighted by atomic mass is 10.3. The minimum absolute atomic E-state index is 0.137. The molecule has 2 rings (SSSR count). The van der Waals surface area contributed by atoms with E-state index < -0.39 is 5.97 Å². The number of nitrogens with zero attached hydrogens (tertiary/aromatic N) is 2. The highest BCUT2D eigenvalue weighted by Crippen LogP contribution is 2.23. The van der Waals surface area contributed by atoms with Crippen molar-refractivity contribution in [1.82, 2.24) is 9.97 Å². The Bertz CT molecular complexity index is 620. The number of benzene rings is 1. The van der Waals surface area contributed by atoms with E-state index in [0.29, 0.717) is 11.6 Å². The highest BCUT2D eigenvalue weighted by Gasteiger charge is 2.12. The Labute approximate surface area is 129 Å². The molecule has 1 aromatic heterocycles. The monoisotopic (exact) mass is 353 g/mol. The van der Waals surface area contributed by atoms with Crippen LogP contribution in [0.5, 0.6) is 0 Å². The van der Waals surface area contributed by atoms with Crippen molar-refractivity contribution in [3.05, 3.63) is 46.3 Å². The molecule has 1 aromatic carbocycles. The molecule has 0 unspecified atom stereocenters. The van der Waals surface area contributed by atoms with Crippen molar-refractivity contribution < 1.29 is 9.53 Å². The van der Waals surface area contributed by atoms with Crippen LogP contribution < -0.4 is 5.73 Å². The molecule has 0 saturated carbocycles. The number of anilines is 1. The van der Waals surface area contributed by atoms with Crippen LogP contribution in [0.1, 0.15) is 16.2 Å². The molecule has 0 amide bonds. The molecule has 0 radical (unpaired) electrons. The molecule has 1 heterocycles. The average Bonchev–Trinajstić information content (AvgIpc) is 2.46. The van der Waals surface area contributed by atoms with Gasteiger partial charge in [0.25, 0.3) is 0 Å². The van der Waals surface area contributed by atoms with Crippen LogP contribution in [0.4, 0.5) is 5.82 Å². The summed E-state index contributed by atoms with van der Waals surface area (Å²) in [5.74, 6) is 0.753. The third kappa shape index (κ3) is 3.71. The molecule has 0 aliphatic carbocycles. The highest BCUT2D eigenvalue weighted by atomic mass is 79.9. The average molecular weight is 354 g/mol. The Morgan fingerprint density at radius 2 is 2.10 bits per heavy atom. The van der Waals surface area contributed by atoms with E-state index in [1.807, 2.05) is 24.3 Å². The minimum Gasteiger partial charge on any atom is -0.465 e. The summed E-state index contributed by atoms with van der Waals surface area (Å²) in [6.45, 7) is 0. The molecule has 0 aliphatic rings. The van der Waals surface area contributed by atoms with E-state index in [-0.39, 0.29) is 11.4 Å². The number of ether oxygens (including phenoxy) is 1. The summed E-state index contributed by atoms with van der Waals surface area (Å²) in [6.07, 6.45) is 1.39. The fraction of sp³-hybridized carbons (Fsp3) is 0.154. The third-order valence-corrected chi connectivity index (χ3v) is 3.99. The summed E-state index contributed by atoms with van der Waals surface area (Å²) < 4.78 is 5.62. The fourth-order valence-corrected chi connectivity index (χ4v) is 2.48. The second-order valence-corrected chi connectivity index (χ2v) is 5.78.